The number of Topliss-reactive ketones (excluding diaryl/α,β-unsaturated/α-hetero) is 1. The van der Waals surface area contributed by atoms with Crippen LogP contribution in [-0.4, -0.2) is 17.9 Å². The smallest absolute Gasteiger partial charge is 0.302 e. The number of carbonyl (C=O) groups excluding carboxylic acids is 2. The molecule has 0 aromatic rings. The van der Waals surface area contributed by atoms with Crippen molar-refractivity contribution in [1.82, 2.24) is 0 Å². The van der Waals surface area contributed by atoms with Crippen LogP contribution in [0.1, 0.15) is 108 Å². The molecule has 0 bridgehead atoms. The van der Waals surface area contributed by atoms with Gasteiger partial charge in [-0.25, -0.2) is 0 Å². The number of ketones is 1. The van der Waals surface area contributed by atoms with Crippen LogP contribution in [0.15, 0.2) is 118 Å². The van der Waals surface area contributed by atoms with Gasteiger partial charge in [0.1, 0.15) is 6.10 Å². The minimum absolute atomic E-state index is 0.115. The number of esters is 1. The largest absolute Gasteiger partial charge is 0.462 e. The molecule has 45 heavy (non-hydrogen) atoms. The maximum absolute atomic E-state index is 13.0. The first-order chi connectivity index (χ1) is 21.0. The second-order valence-electron chi connectivity index (χ2n) is 14.4. The molecule has 0 saturated heterocycles. The molecule has 0 unspecified atom stereocenters. The lowest BCUT2D eigenvalue weighted by Crippen LogP contribution is -2.32. The number of rotatable bonds is 12. The van der Waals surface area contributed by atoms with E-state index >= 15 is 0 Å². The molecule has 0 spiro atoms. The summed E-state index contributed by atoms with van der Waals surface area (Å²) in [6.07, 6.45) is 31.7. The van der Waals surface area contributed by atoms with E-state index in [0.717, 1.165) is 23.1 Å². The summed E-state index contributed by atoms with van der Waals surface area (Å²) in [7, 11) is 0. The van der Waals surface area contributed by atoms with Crippen LogP contribution in [0.25, 0.3) is 0 Å². The molecule has 244 valence electrons. The van der Waals surface area contributed by atoms with Crippen molar-refractivity contribution in [3.05, 3.63) is 118 Å². The van der Waals surface area contributed by atoms with Crippen molar-refractivity contribution in [1.29, 1.82) is 0 Å². The second-order valence-corrected chi connectivity index (χ2v) is 14.4. The van der Waals surface area contributed by atoms with Crippen molar-refractivity contribution in [3.8, 4) is 0 Å². The lowest BCUT2D eigenvalue weighted by atomic mass is 9.68. The fraction of sp³-hybridized carbons (Fsp3) is 0.476. The first-order valence-corrected chi connectivity index (χ1v) is 16.5. The molecule has 0 radical (unpaired) electrons. The van der Waals surface area contributed by atoms with Crippen molar-refractivity contribution in [2.24, 2.45) is 16.7 Å². The first kappa shape index (κ1) is 37.7. The summed E-state index contributed by atoms with van der Waals surface area (Å²) in [6, 6.07) is 0. The van der Waals surface area contributed by atoms with Gasteiger partial charge in [-0.3, -0.25) is 9.59 Å². The third kappa shape index (κ3) is 12.8. The van der Waals surface area contributed by atoms with Crippen LogP contribution in [0.4, 0.5) is 0 Å². The lowest BCUT2D eigenvalue weighted by Gasteiger charge is -2.38. The third-order valence-electron chi connectivity index (χ3n) is 9.11. The van der Waals surface area contributed by atoms with Crippen LogP contribution in [0.5, 0.6) is 0 Å². The molecule has 0 saturated carbocycles. The van der Waals surface area contributed by atoms with Crippen molar-refractivity contribution in [2.75, 3.05) is 0 Å². The maximum Gasteiger partial charge on any atom is 0.302 e. The molecular formula is C42H58O3. The first-order valence-electron chi connectivity index (χ1n) is 16.5. The van der Waals surface area contributed by atoms with Crippen LogP contribution >= 0.6 is 0 Å². The van der Waals surface area contributed by atoms with E-state index in [2.05, 4.69) is 104 Å². The molecule has 2 atom stereocenters. The molecule has 3 heteroatoms. The SMILES string of the molecule is CC(=O)O[C@@H]1CC(C)=C(CC(=O)/C(C)=C/C=C/C(C)=C/C=C/C=C(C)/C=C/C=C(C)/C=C/[C@H]2C(C)=CCCC2(C)C)C(C)(C)C1. The average Bonchev–Trinajstić information content (AvgIpc) is 2.91. The topological polar surface area (TPSA) is 43.4 Å². The van der Waals surface area contributed by atoms with Crippen LogP contribution in [-0.2, 0) is 14.3 Å². The van der Waals surface area contributed by atoms with Crippen molar-refractivity contribution in [2.45, 2.75) is 114 Å². The van der Waals surface area contributed by atoms with Crippen LogP contribution in [0.3, 0.4) is 0 Å². The lowest BCUT2D eigenvalue weighted by molar-refractivity contribution is -0.147. The van der Waals surface area contributed by atoms with Crippen LogP contribution in [0, 0.1) is 16.7 Å². The van der Waals surface area contributed by atoms with Crippen molar-refractivity contribution < 1.29 is 14.3 Å². The van der Waals surface area contributed by atoms with Crippen molar-refractivity contribution in [3.63, 3.8) is 0 Å². The molecule has 0 amide bonds. The van der Waals surface area contributed by atoms with Crippen LogP contribution < -0.4 is 0 Å². The van der Waals surface area contributed by atoms with E-state index in [-0.39, 0.29) is 23.3 Å². The Labute approximate surface area is 274 Å². The summed E-state index contributed by atoms with van der Waals surface area (Å²) in [6.45, 7) is 23.0. The van der Waals surface area contributed by atoms with Gasteiger partial charge in [-0.05, 0) is 77.2 Å². The van der Waals surface area contributed by atoms with Crippen LogP contribution in [0.2, 0.25) is 0 Å². The van der Waals surface area contributed by atoms with E-state index in [0.29, 0.717) is 24.2 Å². The zero-order chi connectivity index (χ0) is 33.8. The molecule has 0 fully saturated rings. The molecule has 0 heterocycles. The Bertz CT molecular complexity index is 1390. The molecule has 2 rings (SSSR count). The quantitative estimate of drug-likeness (QED) is 0.0955. The van der Waals surface area contributed by atoms with E-state index in [9.17, 15) is 9.59 Å². The molecule has 0 aromatic carbocycles. The van der Waals surface area contributed by atoms with E-state index < -0.39 is 0 Å². The highest BCUT2D eigenvalue weighted by molar-refractivity contribution is 5.96. The Balaban J connectivity index is 1.90. The third-order valence-corrected chi connectivity index (χ3v) is 9.11. The molecule has 0 N–H and O–H groups in total. The predicted octanol–water partition coefficient (Wildman–Crippen LogP) is 11.4. The predicted molar refractivity (Wildman–Crippen MR) is 193 cm³/mol. The van der Waals surface area contributed by atoms with Gasteiger partial charge in [0, 0.05) is 25.7 Å². The zero-order valence-corrected chi connectivity index (χ0v) is 29.9. The summed E-state index contributed by atoms with van der Waals surface area (Å²) in [5.41, 5.74) is 8.22. The highest BCUT2D eigenvalue weighted by atomic mass is 16.5. The minimum Gasteiger partial charge on any atom is -0.462 e. The summed E-state index contributed by atoms with van der Waals surface area (Å²) in [5.74, 6) is 0.386. The Morgan fingerprint density at radius 1 is 0.822 bits per heavy atom. The summed E-state index contributed by atoms with van der Waals surface area (Å²) < 4.78 is 5.47. The van der Waals surface area contributed by atoms with Gasteiger partial charge in [0.05, 0.1) is 0 Å². The second kappa shape index (κ2) is 17.3. The molecule has 3 nitrogen and oxygen atoms in total. The molecule has 0 aromatic heterocycles. The molecule has 0 aliphatic heterocycles. The highest BCUT2D eigenvalue weighted by Gasteiger charge is 2.36. The van der Waals surface area contributed by atoms with E-state index in [1.54, 1.807) is 0 Å². The van der Waals surface area contributed by atoms with Gasteiger partial charge in [-0.2, -0.15) is 0 Å². The summed E-state index contributed by atoms with van der Waals surface area (Å²) >= 11 is 0. The Morgan fingerprint density at radius 2 is 1.38 bits per heavy atom. The normalized spacial score (nSPS) is 23.5. The summed E-state index contributed by atoms with van der Waals surface area (Å²) in [4.78, 5) is 24.5. The fourth-order valence-electron chi connectivity index (χ4n) is 6.42. The summed E-state index contributed by atoms with van der Waals surface area (Å²) in [5, 5.41) is 0. The Hall–Kier alpha value is -3.46. The number of carbonyl (C=O) groups is 2. The van der Waals surface area contributed by atoms with Gasteiger partial charge < -0.3 is 4.74 Å². The Morgan fingerprint density at radius 3 is 1.93 bits per heavy atom. The minimum atomic E-state index is -0.249. The standard InChI is InChI=1S/C42H58O3/c1-30(19-14-20-32(3)24-25-38-33(4)23-16-26-41(38,8)9)17-12-13-18-31(2)21-15-22-34(5)40(44)28-39-35(6)27-37(45-36(7)43)29-42(39,10)11/h12-15,17-25,37-38H,16,26-29H2,1-11H3/b13-12+,19-14+,21-15+,25-24+,30-17+,31-18+,32-20+,34-22+/t37-,38+/m1/s1. The van der Waals surface area contributed by atoms with Gasteiger partial charge in [0.25, 0.3) is 0 Å². The van der Waals surface area contributed by atoms with Gasteiger partial charge in [-0.15, -0.1) is 0 Å². The van der Waals surface area contributed by atoms with E-state index in [4.69, 9.17) is 4.74 Å². The monoisotopic (exact) mass is 610 g/mol. The molecule has 2 aliphatic rings. The van der Waals surface area contributed by atoms with E-state index in [1.165, 1.54) is 42.1 Å². The van der Waals surface area contributed by atoms with Gasteiger partial charge in [-0.1, -0.05) is 140 Å². The maximum atomic E-state index is 13.0. The molecule has 2 aliphatic carbocycles. The number of allylic oxidation sites excluding steroid dienone is 19. The Kier molecular flexibility index (Phi) is 14.5. The van der Waals surface area contributed by atoms with E-state index in [1.807, 2.05) is 44.2 Å². The average molecular weight is 611 g/mol. The van der Waals surface area contributed by atoms with Gasteiger partial charge >= 0.3 is 5.97 Å². The number of hydrogen-bond acceptors (Lipinski definition) is 3. The highest BCUT2D eigenvalue weighted by Crippen LogP contribution is 2.43. The number of hydrogen-bond donors (Lipinski definition) is 0. The van der Waals surface area contributed by atoms with Gasteiger partial charge in [0.15, 0.2) is 5.78 Å². The van der Waals surface area contributed by atoms with Gasteiger partial charge in [0.2, 0.25) is 0 Å². The fourth-order valence-corrected chi connectivity index (χ4v) is 6.42. The zero-order valence-electron chi connectivity index (χ0n) is 29.9. The number of ether oxygens (including phenoxy) is 1. The molecular weight excluding hydrogens is 552 g/mol. The van der Waals surface area contributed by atoms with Crippen molar-refractivity contribution >= 4 is 11.8 Å².